The largest absolute Gasteiger partial charge is 0.495 e. The molecule has 0 saturated carbocycles. The third-order valence-electron chi connectivity index (χ3n) is 4.69. The number of anilines is 1. The Hall–Kier alpha value is -2.57. The Labute approximate surface area is 177 Å². The van der Waals surface area contributed by atoms with Gasteiger partial charge in [0.1, 0.15) is 11.8 Å². The summed E-state index contributed by atoms with van der Waals surface area (Å²) in [6.45, 7) is 4.48. The first-order chi connectivity index (χ1) is 13.8. The number of nitrogens with zero attached hydrogens (tertiary/aromatic N) is 1. The number of likely N-dealkylation sites (N-methyl/N-ethyl adjacent to an activating group) is 1. The molecule has 3 N–H and O–H groups in total. The van der Waals surface area contributed by atoms with Crippen LogP contribution in [0.3, 0.4) is 0 Å². The molecule has 7 heteroatoms. The van der Waals surface area contributed by atoms with Crippen LogP contribution in [-0.2, 0) is 9.59 Å². The molecule has 29 heavy (non-hydrogen) atoms. The molecule has 6 nitrogen and oxygen atoms in total. The van der Waals surface area contributed by atoms with Gasteiger partial charge in [0.25, 0.3) is 5.91 Å². The minimum absolute atomic E-state index is 0.0555. The van der Waals surface area contributed by atoms with E-state index in [1.807, 2.05) is 23.5 Å². The number of carbonyl (C=O) groups is 2. The van der Waals surface area contributed by atoms with Gasteiger partial charge in [-0.15, -0.1) is 0 Å². The molecule has 1 atom stereocenters. The van der Waals surface area contributed by atoms with Crippen molar-refractivity contribution in [1.82, 2.24) is 4.90 Å². The Kier molecular flexibility index (Phi) is 8.49. The molecule has 0 radical (unpaired) electrons. The lowest BCUT2D eigenvalue weighted by molar-refractivity contribution is -0.692. The van der Waals surface area contributed by atoms with Gasteiger partial charge < -0.3 is 20.3 Å². The van der Waals surface area contributed by atoms with Gasteiger partial charge in [-0.2, -0.15) is 0 Å². The van der Waals surface area contributed by atoms with Crippen LogP contribution in [-0.4, -0.2) is 44.0 Å². The molecule has 2 aromatic rings. The lowest BCUT2D eigenvalue weighted by Gasteiger charge is -2.22. The number of nitrogens with one attached hydrogen (secondary N) is 1. The molecule has 0 fully saturated rings. The Balaban J connectivity index is 1.91. The van der Waals surface area contributed by atoms with Crippen molar-refractivity contribution in [3.05, 3.63) is 59.1 Å². The summed E-state index contributed by atoms with van der Waals surface area (Å²) in [7, 11) is 3.14. The number of ether oxygens (including phenoxy) is 1. The molecule has 0 aliphatic carbocycles. The van der Waals surface area contributed by atoms with Crippen LogP contribution in [0.4, 0.5) is 5.69 Å². The van der Waals surface area contributed by atoms with Gasteiger partial charge in [0.2, 0.25) is 5.91 Å². The number of quaternary nitrogens is 1. The lowest BCUT2D eigenvalue weighted by Crippen LogP contribution is -2.88. The van der Waals surface area contributed by atoms with E-state index in [1.165, 1.54) is 17.6 Å². The second-order valence-electron chi connectivity index (χ2n) is 7.26. The normalized spacial score (nSPS) is 11.8. The Morgan fingerprint density at radius 3 is 2.48 bits per heavy atom. The van der Waals surface area contributed by atoms with Gasteiger partial charge in [-0.05, 0) is 18.2 Å². The maximum absolute atomic E-state index is 12.5. The second kappa shape index (κ2) is 10.8. The number of hydrogen-bond acceptors (Lipinski definition) is 3. The van der Waals surface area contributed by atoms with Gasteiger partial charge in [0.15, 0.2) is 6.54 Å². The van der Waals surface area contributed by atoms with Crippen LogP contribution in [0, 0.1) is 5.92 Å². The molecule has 2 aromatic carbocycles. The highest BCUT2D eigenvalue weighted by molar-refractivity contribution is 6.31. The van der Waals surface area contributed by atoms with E-state index in [0.29, 0.717) is 22.4 Å². The van der Waals surface area contributed by atoms with Crippen LogP contribution < -0.4 is 15.4 Å². The second-order valence-corrected chi connectivity index (χ2v) is 7.70. The van der Waals surface area contributed by atoms with Crippen molar-refractivity contribution < 1.29 is 19.6 Å². The Bertz CT molecular complexity index is 827. The number of rotatable bonds is 9. The SMILES string of the molecule is COc1ccc(Cl)cc1NC(=O)CN(C)C(=O)C[NH2+][C@@H](c1ccccc1)C(C)C. The third-order valence-corrected chi connectivity index (χ3v) is 4.93. The third kappa shape index (κ3) is 6.76. The lowest BCUT2D eigenvalue weighted by atomic mass is 9.96. The van der Waals surface area contributed by atoms with Gasteiger partial charge in [0, 0.05) is 23.6 Å². The fourth-order valence-electron chi connectivity index (χ4n) is 3.12. The quantitative estimate of drug-likeness (QED) is 0.657. The van der Waals surface area contributed by atoms with Crippen LogP contribution in [0.15, 0.2) is 48.5 Å². The van der Waals surface area contributed by atoms with E-state index >= 15 is 0 Å². The van der Waals surface area contributed by atoms with Crippen molar-refractivity contribution in [2.75, 3.05) is 32.6 Å². The fraction of sp³-hybridized carbons (Fsp3) is 0.364. The van der Waals surface area contributed by atoms with E-state index < -0.39 is 0 Å². The number of carbonyl (C=O) groups excluding carboxylic acids is 2. The maximum atomic E-state index is 12.5. The van der Waals surface area contributed by atoms with Crippen molar-refractivity contribution >= 4 is 29.1 Å². The molecule has 2 rings (SSSR count). The monoisotopic (exact) mass is 418 g/mol. The van der Waals surface area contributed by atoms with E-state index in [4.69, 9.17) is 16.3 Å². The summed E-state index contributed by atoms with van der Waals surface area (Å²) in [5, 5.41) is 5.26. The van der Waals surface area contributed by atoms with Crippen molar-refractivity contribution in [3.8, 4) is 5.75 Å². The zero-order chi connectivity index (χ0) is 21.4. The highest BCUT2D eigenvalue weighted by Gasteiger charge is 2.22. The number of hydrogen-bond donors (Lipinski definition) is 2. The van der Waals surface area contributed by atoms with Gasteiger partial charge in [0.05, 0.1) is 19.3 Å². The van der Waals surface area contributed by atoms with E-state index in [1.54, 1.807) is 25.2 Å². The maximum Gasteiger partial charge on any atom is 0.277 e. The van der Waals surface area contributed by atoms with E-state index in [2.05, 4.69) is 31.3 Å². The van der Waals surface area contributed by atoms with Crippen molar-refractivity contribution in [2.45, 2.75) is 19.9 Å². The first kappa shape index (κ1) is 22.7. The van der Waals surface area contributed by atoms with Crippen LogP contribution in [0.5, 0.6) is 5.75 Å². The molecular formula is C22H29ClN3O3+. The molecule has 2 amide bonds. The highest BCUT2D eigenvalue weighted by Crippen LogP contribution is 2.27. The standard InChI is InChI=1S/C22H28ClN3O3/c1-15(2)22(16-8-6-5-7-9-16)24-13-21(28)26(3)14-20(27)25-18-12-17(23)10-11-19(18)29-4/h5-12,15,22,24H,13-14H2,1-4H3,(H,25,27)/p+1/t22-/m1/s1. The number of nitrogens with two attached hydrogens (primary N) is 1. The summed E-state index contributed by atoms with van der Waals surface area (Å²) in [5.41, 5.74) is 1.66. The Morgan fingerprint density at radius 1 is 1.17 bits per heavy atom. The number of halogens is 1. The first-order valence-electron chi connectivity index (χ1n) is 9.57. The van der Waals surface area contributed by atoms with Gasteiger partial charge in [-0.3, -0.25) is 9.59 Å². The zero-order valence-electron chi connectivity index (χ0n) is 17.3. The predicted octanol–water partition coefficient (Wildman–Crippen LogP) is 2.71. The summed E-state index contributed by atoms with van der Waals surface area (Å²) in [6, 6.07) is 15.3. The Morgan fingerprint density at radius 2 is 1.86 bits per heavy atom. The van der Waals surface area contributed by atoms with E-state index in [0.717, 1.165) is 0 Å². The topological polar surface area (TPSA) is 75.2 Å². The zero-order valence-corrected chi connectivity index (χ0v) is 18.1. The number of methoxy groups -OCH3 is 1. The van der Waals surface area contributed by atoms with Gasteiger partial charge >= 0.3 is 0 Å². The molecule has 0 bridgehead atoms. The molecule has 0 unspecified atom stereocenters. The molecule has 0 spiro atoms. The van der Waals surface area contributed by atoms with E-state index in [9.17, 15) is 9.59 Å². The van der Waals surface area contributed by atoms with Crippen LogP contribution >= 0.6 is 11.6 Å². The van der Waals surface area contributed by atoms with Crippen molar-refractivity contribution in [1.29, 1.82) is 0 Å². The van der Waals surface area contributed by atoms with Gasteiger partial charge in [-0.1, -0.05) is 55.8 Å². The summed E-state index contributed by atoms with van der Waals surface area (Å²) in [6.07, 6.45) is 0. The summed E-state index contributed by atoms with van der Waals surface area (Å²) in [5.74, 6) is 0.450. The molecule has 0 aromatic heterocycles. The summed E-state index contributed by atoms with van der Waals surface area (Å²) >= 11 is 5.98. The number of benzene rings is 2. The highest BCUT2D eigenvalue weighted by atomic mass is 35.5. The van der Waals surface area contributed by atoms with Crippen LogP contribution in [0.25, 0.3) is 0 Å². The fourth-order valence-corrected chi connectivity index (χ4v) is 3.30. The molecular weight excluding hydrogens is 390 g/mol. The average Bonchev–Trinajstić information content (AvgIpc) is 2.68. The summed E-state index contributed by atoms with van der Waals surface area (Å²) in [4.78, 5) is 26.3. The molecule has 0 saturated heterocycles. The minimum atomic E-state index is -0.315. The predicted molar refractivity (Wildman–Crippen MR) is 115 cm³/mol. The average molecular weight is 419 g/mol. The molecule has 156 valence electrons. The van der Waals surface area contributed by atoms with Crippen molar-refractivity contribution in [3.63, 3.8) is 0 Å². The first-order valence-corrected chi connectivity index (χ1v) is 9.95. The molecule has 0 aliphatic rings. The molecule has 0 heterocycles. The van der Waals surface area contributed by atoms with E-state index in [-0.39, 0.29) is 30.9 Å². The van der Waals surface area contributed by atoms with Gasteiger partial charge in [-0.25, -0.2) is 0 Å². The minimum Gasteiger partial charge on any atom is -0.495 e. The summed E-state index contributed by atoms with van der Waals surface area (Å²) < 4.78 is 5.22. The smallest absolute Gasteiger partial charge is 0.277 e. The van der Waals surface area contributed by atoms with Crippen LogP contribution in [0.1, 0.15) is 25.5 Å². The molecule has 0 aliphatic heterocycles. The number of amides is 2. The van der Waals surface area contributed by atoms with Crippen LogP contribution in [0.2, 0.25) is 5.02 Å². The van der Waals surface area contributed by atoms with Crippen molar-refractivity contribution in [2.24, 2.45) is 5.92 Å².